The Morgan fingerprint density at radius 2 is 2.15 bits per heavy atom. The molecule has 3 heterocycles. The van der Waals surface area contributed by atoms with Crippen LogP contribution >= 0.6 is 0 Å². The zero-order valence-corrected chi connectivity index (χ0v) is 11.4. The molecule has 0 radical (unpaired) electrons. The van der Waals surface area contributed by atoms with E-state index in [9.17, 15) is 5.11 Å². The van der Waals surface area contributed by atoms with E-state index in [0.29, 0.717) is 12.6 Å². The number of aliphatic hydroxyl groups is 1. The lowest BCUT2D eigenvalue weighted by Gasteiger charge is -2.40. The molecule has 2 N–H and O–H groups in total. The van der Waals surface area contributed by atoms with Crippen LogP contribution in [0.5, 0.6) is 0 Å². The van der Waals surface area contributed by atoms with Gasteiger partial charge in [-0.05, 0) is 12.8 Å². The van der Waals surface area contributed by atoms with Crippen molar-refractivity contribution in [2.24, 2.45) is 0 Å². The van der Waals surface area contributed by atoms with Gasteiger partial charge in [0.05, 0.1) is 25.1 Å². The molecule has 1 aromatic rings. The number of imidazole rings is 1. The van der Waals surface area contributed by atoms with Gasteiger partial charge in [0, 0.05) is 18.4 Å². The van der Waals surface area contributed by atoms with Gasteiger partial charge in [0.25, 0.3) is 0 Å². The van der Waals surface area contributed by atoms with E-state index in [4.69, 9.17) is 9.47 Å². The second kappa shape index (κ2) is 5.11. The van der Waals surface area contributed by atoms with Crippen molar-refractivity contribution in [1.29, 1.82) is 0 Å². The van der Waals surface area contributed by atoms with Crippen molar-refractivity contribution >= 4 is 0 Å². The summed E-state index contributed by atoms with van der Waals surface area (Å²) in [6.07, 6.45) is 9.28. The van der Waals surface area contributed by atoms with Crippen LogP contribution in [0.3, 0.4) is 0 Å². The molecule has 3 fully saturated rings. The van der Waals surface area contributed by atoms with Gasteiger partial charge in [-0.3, -0.25) is 0 Å². The van der Waals surface area contributed by atoms with Gasteiger partial charge in [-0.25, -0.2) is 4.98 Å². The Hall–Kier alpha value is -0.950. The summed E-state index contributed by atoms with van der Waals surface area (Å²) < 4.78 is 13.5. The van der Waals surface area contributed by atoms with Crippen LogP contribution in [0.15, 0.2) is 18.7 Å². The summed E-state index contributed by atoms with van der Waals surface area (Å²) in [6, 6.07) is 0.207. The normalized spacial score (nSPS) is 41.4. The molecule has 2 aliphatic heterocycles. The summed E-state index contributed by atoms with van der Waals surface area (Å²) in [5.41, 5.74) is 0. The minimum absolute atomic E-state index is 0.0460. The van der Waals surface area contributed by atoms with E-state index in [1.807, 2.05) is 10.8 Å². The molecular formula is C14H21N3O3. The molecule has 1 aromatic heterocycles. The van der Waals surface area contributed by atoms with Crippen molar-refractivity contribution in [3.05, 3.63) is 18.7 Å². The highest BCUT2D eigenvalue weighted by Gasteiger charge is 2.51. The zero-order valence-electron chi connectivity index (χ0n) is 11.4. The SMILES string of the molecule is O[C@H]1[C@H](NC2CCCC2)[C@H]2CO[C@H](O2)[C@@H]1n1ccnc1. The molecule has 20 heavy (non-hydrogen) atoms. The molecule has 2 saturated heterocycles. The van der Waals surface area contributed by atoms with E-state index in [2.05, 4.69) is 10.3 Å². The fourth-order valence-corrected chi connectivity index (χ4v) is 3.73. The highest BCUT2D eigenvalue weighted by Crippen LogP contribution is 2.36. The summed E-state index contributed by atoms with van der Waals surface area (Å²) in [6.45, 7) is 0.553. The van der Waals surface area contributed by atoms with Crippen LogP contribution in [0, 0.1) is 0 Å². The van der Waals surface area contributed by atoms with Gasteiger partial charge in [-0.2, -0.15) is 0 Å². The first kappa shape index (κ1) is 12.8. The summed E-state index contributed by atoms with van der Waals surface area (Å²) in [4.78, 5) is 4.06. The topological polar surface area (TPSA) is 68.5 Å². The third-order valence-corrected chi connectivity index (χ3v) is 4.78. The number of hydrogen-bond donors (Lipinski definition) is 2. The highest BCUT2D eigenvalue weighted by atomic mass is 16.7. The fourth-order valence-electron chi connectivity index (χ4n) is 3.73. The molecule has 5 atom stereocenters. The average Bonchev–Trinajstić information content (AvgIpc) is 3.18. The molecule has 1 saturated carbocycles. The summed E-state index contributed by atoms with van der Waals surface area (Å²) >= 11 is 0. The number of rotatable bonds is 3. The Balaban J connectivity index is 1.55. The number of ether oxygens (including phenoxy) is 2. The molecule has 0 amide bonds. The van der Waals surface area contributed by atoms with Crippen LogP contribution in [-0.2, 0) is 9.47 Å². The van der Waals surface area contributed by atoms with Crippen LogP contribution < -0.4 is 5.32 Å². The van der Waals surface area contributed by atoms with Crippen molar-refractivity contribution in [2.45, 2.75) is 62.3 Å². The third kappa shape index (κ3) is 2.07. The standard InChI is InChI=1S/C14H21N3O3/c18-13-11(16-9-3-1-2-4-9)10-7-19-14(20-10)12(13)17-6-5-15-8-17/h5-6,8-14,16,18H,1-4,7H2/t10-,11-,12-,13+,14-/m1/s1. The van der Waals surface area contributed by atoms with Crippen molar-refractivity contribution in [3.63, 3.8) is 0 Å². The molecule has 6 heteroatoms. The highest BCUT2D eigenvalue weighted by molar-refractivity contribution is 5.02. The predicted octanol–water partition coefficient (Wildman–Crippen LogP) is 0.441. The number of aromatic nitrogens is 2. The molecule has 0 spiro atoms. The number of nitrogens with zero attached hydrogens (tertiary/aromatic N) is 2. The zero-order chi connectivity index (χ0) is 13.5. The first-order valence-corrected chi connectivity index (χ1v) is 7.51. The van der Waals surface area contributed by atoms with Crippen molar-refractivity contribution in [3.8, 4) is 0 Å². The Bertz CT molecular complexity index is 447. The largest absolute Gasteiger partial charge is 0.389 e. The minimum Gasteiger partial charge on any atom is -0.389 e. The van der Waals surface area contributed by atoms with Crippen molar-refractivity contribution in [1.82, 2.24) is 14.9 Å². The molecule has 110 valence electrons. The van der Waals surface area contributed by atoms with E-state index in [1.54, 1.807) is 12.5 Å². The van der Waals surface area contributed by atoms with Crippen LogP contribution in [0.4, 0.5) is 0 Å². The number of fused-ring (bicyclic) bond motifs is 2. The molecule has 3 aliphatic rings. The quantitative estimate of drug-likeness (QED) is 0.840. The number of hydrogen-bond acceptors (Lipinski definition) is 5. The van der Waals surface area contributed by atoms with Crippen molar-refractivity contribution < 1.29 is 14.6 Å². The number of aliphatic hydroxyl groups excluding tert-OH is 1. The van der Waals surface area contributed by atoms with Gasteiger partial charge in [-0.15, -0.1) is 0 Å². The Morgan fingerprint density at radius 1 is 1.30 bits per heavy atom. The molecular weight excluding hydrogens is 258 g/mol. The van der Waals surface area contributed by atoms with Crippen LogP contribution in [0.2, 0.25) is 0 Å². The maximum atomic E-state index is 10.8. The van der Waals surface area contributed by atoms with Gasteiger partial charge in [-0.1, -0.05) is 12.8 Å². The molecule has 1 aliphatic carbocycles. The molecule has 0 unspecified atom stereocenters. The molecule has 4 rings (SSSR count). The second-order valence-corrected chi connectivity index (χ2v) is 6.04. The fraction of sp³-hybridized carbons (Fsp3) is 0.786. The van der Waals surface area contributed by atoms with Gasteiger partial charge >= 0.3 is 0 Å². The lowest BCUT2D eigenvalue weighted by atomic mass is 9.95. The van der Waals surface area contributed by atoms with E-state index in [-0.39, 0.29) is 24.5 Å². The van der Waals surface area contributed by atoms with Gasteiger partial charge in [0.2, 0.25) is 0 Å². The lowest BCUT2D eigenvalue weighted by molar-refractivity contribution is -0.166. The van der Waals surface area contributed by atoms with E-state index in [0.717, 1.165) is 0 Å². The third-order valence-electron chi connectivity index (χ3n) is 4.78. The monoisotopic (exact) mass is 279 g/mol. The van der Waals surface area contributed by atoms with Gasteiger partial charge < -0.3 is 24.5 Å². The molecule has 6 nitrogen and oxygen atoms in total. The van der Waals surface area contributed by atoms with Gasteiger partial charge in [0.15, 0.2) is 6.29 Å². The van der Waals surface area contributed by atoms with Crippen LogP contribution in [-0.4, -0.2) is 51.8 Å². The smallest absolute Gasteiger partial charge is 0.181 e. The lowest BCUT2D eigenvalue weighted by Crippen LogP contribution is -2.59. The number of nitrogens with one attached hydrogen (secondary N) is 1. The molecule has 2 bridgehead atoms. The Kier molecular flexibility index (Phi) is 3.26. The van der Waals surface area contributed by atoms with E-state index >= 15 is 0 Å². The maximum Gasteiger partial charge on any atom is 0.181 e. The maximum absolute atomic E-state index is 10.8. The second-order valence-electron chi connectivity index (χ2n) is 6.04. The summed E-state index contributed by atoms with van der Waals surface area (Å²) in [5.74, 6) is 0. The summed E-state index contributed by atoms with van der Waals surface area (Å²) in [7, 11) is 0. The Labute approximate surface area is 118 Å². The van der Waals surface area contributed by atoms with Gasteiger partial charge in [0.1, 0.15) is 12.1 Å². The van der Waals surface area contributed by atoms with Crippen molar-refractivity contribution in [2.75, 3.05) is 6.61 Å². The predicted molar refractivity (Wildman–Crippen MR) is 71.1 cm³/mol. The first-order chi connectivity index (χ1) is 9.83. The minimum atomic E-state index is -0.518. The summed E-state index contributed by atoms with van der Waals surface area (Å²) in [5, 5.41) is 14.4. The molecule has 0 aromatic carbocycles. The van der Waals surface area contributed by atoms with Crippen LogP contribution in [0.25, 0.3) is 0 Å². The average molecular weight is 279 g/mol. The first-order valence-electron chi connectivity index (χ1n) is 7.51. The Morgan fingerprint density at radius 3 is 2.90 bits per heavy atom. The van der Waals surface area contributed by atoms with Crippen LogP contribution in [0.1, 0.15) is 31.7 Å². The van der Waals surface area contributed by atoms with E-state index in [1.165, 1.54) is 25.7 Å². The van der Waals surface area contributed by atoms with E-state index < -0.39 is 6.10 Å².